The SMILES string of the molecule is COc1cc(NC(=O)[C@H]2CC[C@@H](n3c(=O)[nH]c4c(O)cccc43)CC2)ccc1C. The number of amides is 1. The predicted molar refractivity (Wildman–Crippen MR) is 112 cm³/mol. The summed E-state index contributed by atoms with van der Waals surface area (Å²) in [4.78, 5) is 27.9. The summed E-state index contributed by atoms with van der Waals surface area (Å²) in [5.41, 5.74) is 2.69. The number of carbonyl (C=O) groups excluding carboxylic acids is 1. The number of nitrogens with zero attached hydrogens (tertiary/aromatic N) is 1. The number of phenols is 1. The number of aromatic amines is 1. The summed E-state index contributed by atoms with van der Waals surface area (Å²) in [6.45, 7) is 1.96. The van der Waals surface area contributed by atoms with E-state index in [1.807, 2.05) is 31.2 Å². The molecule has 0 aliphatic heterocycles. The van der Waals surface area contributed by atoms with Crippen molar-refractivity contribution in [2.24, 2.45) is 5.92 Å². The molecule has 1 saturated carbocycles. The third-order valence-electron chi connectivity index (χ3n) is 5.84. The Morgan fingerprint density at radius 3 is 2.69 bits per heavy atom. The Labute approximate surface area is 168 Å². The topological polar surface area (TPSA) is 96.4 Å². The molecule has 3 N–H and O–H groups in total. The van der Waals surface area contributed by atoms with Gasteiger partial charge in [0.25, 0.3) is 0 Å². The number of aromatic hydroxyl groups is 1. The summed E-state index contributed by atoms with van der Waals surface area (Å²) in [5, 5.41) is 13.0. The number of imidazole rings is 1. The molecule has 1 aliphatic rings. The van der Waals surface area contributed by atoms with Crippen molar-refractivity contribution in [2.45, 2.75) is 38.6 Å². The first-order chi connectivity index (χ1) is 14.0. The molecule has 0 atom stereocenters. The van der Waals surface area contributed by atoms with E-state index in [4.69, 9.17) is 4.74 Å². The minimum absolute atomic E-state index is 0.00160. The van der Waals surface area contributed by atoms with Crippen LogP contribution in [0.2, 0.25) is 0 Å². The van der Waals surface area contributed by atoms with Crippen LogP contribution in [0.1, 0.15) is 37.3 Å². The number of carbonyl (C=O) groups is 1. The molecule has 3 aromatic rings. The summed E-state index contributed by atoms with van der Waals surface area (Å²) in [6, 6.07) is 10.8. The Morgan fingerprint density at radius 1 is 1.21 bits per heavy atom. The zero-order chi connectivity index (χ0) is 20.5. The number of H-pyrrole nitrogens is 1. The minimum atomic E-state index is -0.221. The van der Waals surface area contributed by atoms with Crippen LogP contribution < -0.4 is 15.7 Å². The molecule has 2 aromatic carbocycles. The van der Waals surface area contributed by atoms with Gasteiger partial charge in [-0.3, -0.25) is 9.36 Å². The van der Waals surface area contributed by atoms with Gasteiger partial charge in [-0.05, 0) is 56.4 Å². The molecule has 0 spiro atoms. The van der Waals surface area contributed by atoms with E-state index in [0.717, 1.165) is 29.8 Å². The van der Waals surface area contributed by atoms with Crippen molar-refractivity contribution in [1.29, 1.82) is 0 Å². The molecule has 29 heavy (non-hydrogen) atoms. The molecular weight excluding hydrogens is 370 g/mol. The Balaban J connectivity index is 1.45. The number of methoxy groups -OCH3 is 1. The van der Waals surface area contributed by atoms with Gasteiger partial charge in [0.15, 0.2) is 0 Å². The summed E-state index contributed by atoms with van der Waals surface area (Å²) in [5.74, 6) is 0.722. The normalized spacial score (nSPS) is 19.2. The lowest BCUT2D eigenvalue weighted by Crippen LogP contribution is -2.31. The number of nitrogens with one attached hydrogen (secondary N) is 2. The summed E-state index contributed by atoms with van der Waals surface area (Å²) in [6.07, 6.45) is 2.88. The van der Waals surface area contributed by atoms with Gasteiger partial charge >= 0.3 is 5.69 Å². The second kappa shape index (κ2) is 7.66. The highest BCUT2D eigenvalue weighted by molar-refractivity contribution is 5.92. The number of benzene rings is 2. The standard InChI is InChI=1S/C22H25N3O4/c1-13-6-9-15(12-19(13)29-2)23-21(27)14-7-10-16(11-8-14)25-17-4-3-5-18(26)20(17)24-22(25)28/h3-6,9,12,14,16,26H,7-8,10-11H2,1-2H3,(H,23,27)(H,24,28)/t14-,16+. The van der Waals surface area contributed by atoms with Gasteiger partial charge < -0.3 is 20.1 Å². The maximum atomic E-state index is 12.7. The Bertz CT molecular complexity index is 1110. The number of hydrogen-bond acceptors (Lipinski definition) is 4. The van der Waals surface area contributed by atoms with Crippen LogP contribution in [0.4, 0.5) is 5.69 Å². The molecule has 0 bridgehead atoms. The van der Waals surface area contributed by atoms with Crippen molar-refractivity contribution in [1.82, 2.24) is 9.55 Å². The number of anilines is 1. The van der Waals surface area contributed by atoms with Crippen molar-refractivity contribution >= 4 is 22.6 Å². The van der Waals surface area contributed by atoms with Crippen molar-refractivity contribution in [3.8, 4) is 11.5 Å². The molecule has 7 nitrogen and oxygen atoms in total. The summed E-state index contributed by atoms with van der Waals surface area (Å²) < 4.78 is 7.03. The number of hydrogen-bond donors (Lipinski definition) is 3. The first-order valence-corrected chi connectivity index (χ1v) is 9.85. The van der Waals surface area contributed by atoms with E-state index in [1.165, 1.54) is 0 Å². The van der Waals surface area contributed by atoms with Crippen LogP contribution in [0.25, 0.3) is 11.0 Å². The highest BCUT2D eigenvalue weighted by Crippen LogP contribution is 2.35. The molecule has 4 rings (SSSR count). The monoisotopic (exact) mass is 395 g/mol. The summed E-state index contributed by atoms with van der Waals surface area (Å²) >= 11 is 0. The summed E-state index contributed by atoms with van der Waals surface area (Å²) in [7, 11) is 1.61. The van der Waals surface area contributed by atoms with Gasteiger partial charge in [-0.25, -0.2) is 4.79 Å². The van der Waals surface area contributed by atoms with Crippen molar-refractivity contribution in [3.63, 3.8) is 0 Å². The highest BCUT2D eigenvalue weighted by Gasteiger charge is 2.29. The van der Waals surface area contributed by atoms with Crippen molar-refractivity contribution in [2.75, 3.05) is 12.4 Å². The Kier molecular flexibility index (Phi) is 5.05. The lowest BCUT2D eigenvalue weighted by Gasteiger charge is -2.28. The third-order valence-corrected chi connectivity index (χ3v) is 5.84. The van der Waals surface area contributed by atoms with Crippen LogP contribution in [-0.4, -0.2) is 27.7 Å². The number of para-hydroxylation sites is 1. The largest absolute Gasteiger partial charge is 0.506 e. The van der Waals surface area contributed by atoms with Crippen LogP contribution >= 0.6 is 0 Å². The average molecular weight is 395 g/mol. The Morgan fingerprint density at radius 2 is 1.97 bits per heavy atom. The van der Waals surface area contributed by atoms with Crippen LogP contribution in [0.3, 0.4) is 0 Å². The lowest BCUT2D eigenvalue weighted by atomic mass is 9.85. The van der Waals surface area contributed by atoms with E-state index < -0.39 is 0 Å². The number of fused-ring (bicyclic) bond motifs is 1. The molecular formula is C22H25N3O4. The second-order valence-electron chi connectivity index (χ2n) is 7.65. The van der Waals surface area contributed by atoms with Crippen LogP contribution in [-0.2, 0) is 4.79 Å². The Hall–Kier alpha value is -3.22. The van der Waals surface area contributed by atoms with Crippen LogP contribution in [0.15, 0.2) is 41.2 Å². The fraction of sp³-hybridized carbons (Fsp3) is 0.364. The number of aryl methyl sites for hydroxylation is 1. The van der Waals surface area contributed by atoms with E-state index in [2.05, 4.69) is 10.3 Å². The quantitative estimate of drug-likeness (QED) is 0.627. The number of phenolic OH excluding ortho intramolecular Hbond substituents is 1. The van der Waals surface area contributed by atoms with Crippen molar-refractivity contribution in [3.05, 3.63) is 52.4 Å². The molecule has 1 fully saturated rings. The minimum Gasteiger partial charge on any atom is -0.506 e. The molecule has 1 aromatic heterocycles. The van der Waals surface area contributed by atoms with E-state index in [1.54, 1.807) is 23.8 Å². The fourth-order valence-electron chi connectivity index (χ4n) is 4.23. The molecule has 152 valence electrons. The average Bonchev–Trinajstić information content (AvgIpc) is 3.07. The van der Waals surface area contributed by atoms with Gasteiger partial charge in [0, 0.05) is 23.7 Å². The molecule has 1 aliphatic carbocycles. The van der Waals surface area contributed by atoms with Crippen LogP contribution in [0, 0.1) is 12.8 Å². The highest BCUT2D eigenvalue weighted by atomic mass is 16.5. The van der Waals surface area contributed by atoms with E-state index in [9.17, 15) is 14.7 Å². The van der Waals surface area contributed by atoms with Gasteiger partial charge in [0.05, 0.1) is 12.6 Å². The number of ether oxygens (including phenoxy) is 1. The maximum absolute atomic E-state index is 12.7. The zero-order valence-electron chi connectivity index (χ0n) is 16.6. The smallest absolute Gasteiger partial charge is 0.326 e. The van der Waals surface area contributed by atoms with Gasteiger partial charge in [0.1, 0.15) is 17.0 Å². The number of rotatable bonds is 4. The third kappa shape index (κ3) is 3.60. The molecule has 0 radical (unpaired) electrons. The molecule has 1 heterocycles. The molecule has 0 saturated heterocycles. The first-order valence-electron chi connectivity index (χ1n) is 9.85. The molecule has 1 amide bonds. The number of aromatic nitrogens is 2. The van der Waals surface area contributed by atoms with Gasteiger partial charge in [-0.2, -0.15) is 0 Å². The van der Waals surface area contributed by atoms with E-state index in [0.29, 0.717) is 23.9 Å². The zero-order valence-corrected chi connectivity index (χ0v) is 16.6. The molecule has 0 unspecified atom stereocenters. The lowest BCUT2D eigenvalue weighted by molar-refractivity contribution is -0.121. The molecule has 7 heteroatoms. The van der Waals surface area contributed by atoms with Crippen molar-refractivity contribution < 1.29 is 14.6 Å². The van der Waals surface area contributed by atoms with Gasteiger partial charge in [-0.1, -0.05) is 12.1 Å². The second-order valence-corrected chi connectivity index (χ2v) is 7.65. The fourth-order valence-corrected chi connectivity index (χ4v) is 4.23. The van der Waals surface area contributed by atoms with Gasteiger partial charge in [0.2, 0.25) is 5.91 Å². The first kappa shape index (κ1) is 19.1. The van der Waals surface area contributed by atoms with E-state index in [-0.39, 0.29) is 29.3 Å². The van der Waals surface area contributed by atoms with Crippen LogP contribution in [0.5, 0.6) is 11.5 Å². The van der Waals surface area contributed by atoms with E-state index >= 15 is 0 Å². The van der Waals surface area contributed by atoms with Gasteiger partial charge in [-0.15, -0.1) is 0 Å². The predicted octanol–water partition coefficient (Wildman–Crippen LogP) is 3.72. The maximum Gasteiger partial charge on any atom is 0.326 e.